The van der Waals surface area contributed by atoms with Gasteiger partial charge in [0.25, 0.3) is 0 Å². The maximum absolute atomic E-state index is 12.7. The minimum Gasteiger partial charge on any atom is -0.657 e. The van der Waals surface area contributed by atoms with Crippen LogP contribution in [0.15, 0.2) is 85.5 Å². The van der Waals surface area contributed by atoms with E-state index >= 15 is 0 Å². The Hall–Kier alpha value is -4.37. The van der Waals surface area contributed by atoms with Crippen molar-refractivity contribution in [3.05, 3.63) is 133 Å². The molecule has 0 radical (unpaired) electrons. The van der Waals surface area contributed by atoms with Gasteiger partial charge in [-0.25, -0.2) is 0 Å². The van der Waals surface area contributed by atoms with E-state index in [1.54, 1.807) is 0 Å². The van der Waals surface area contributed by atoms with Crippen molar-refractivity contribution < 1.29 is 47.4 Å². The summed E-state index contributed by atoms with van der Waals surface area (Å²) in [6, 6.07) is 18.2. The van der Waals surface area contributed by atoms with Gasteiger partial charge < -0.3 is 24.6 Å². The number of aryl methyl sites for hydroxylation is 3. The third kappa shape index (κ3) is 7.62. The van der Waals surface area contributed by atoms with Crippen LogP contribution in [0, 0.1) is 40.2 Å². The number of hydrogen-bond donors (Lipinski definition) is 0. The largest absolute Gasteiger partial charge is 4.00 e. The van der Waals surface area contributed by atoms with Gasteiger partial charge in [0.2, 0.25) is 0 Å². The van der Waals surface area contributed by atoms with Crippen molar-refractivity contribution in [1.29, 1.82) is 0 Å². The molecule has 4 aromatic carbocycles. The monoisotopic (exact) mass is 854 g/mol. The molecule has 256 valence electrons. The Morgan fingerprint density at radius 2 is 1.04 bits per heavy atom. The summed E-state index contributed by atoms with van der Waals surface area (Å²) in [6.07, 6.45) is -0.914. The second-order valence-corrected chi connectivity index (χ2v) is 12.0. The molecule has 2 aliphatic heterocycles. The second-order valence-electron chi connectivity index (χ2n) is 12.0. The number of halogens is 6. The quantitative estimate of drug-likeness (QED) is 0.133. The van der Waals surface area contributed by atoms with E-state index in [0.717, 1.165) is 47.8 Å². The second kappa shape index (κ2) is 13.5. The summed E-state index contributed by atoms with van der Waals surface area (Å²) in [5.41, 5.74) is 7.09. The molecule has 7 rings (SSSR count). The van der Waals surface area contributed by atoms with Crippen LogP contribution in [0.2, 0.25) is 0 Å². The molecule has 0 amide bonds. The average molecular weight is 855 g/mol. The molecule has 12 heteroatoms. The number of benzene rings is 4. The van der Waals surface area contributed by atoms with Crippen LogP contribution in [0.1, 0.15) is 27.8 Å². The number of aromatic nitrogens is 1. The standard InChI is InChI=1S/C23H25N4.C14H6F6N.Pt/c1-17-10-18(2)23(19(3)11-17)20-12-21(26-8-6-24(4)15-26)14-22(13-20)27-9-7-25(5)16-27;15-13(16,17)7-1-3-11-9(5-7)10-6-8(14(18,19)20)2-4-12(10)21-11;/h6-13,15-16H,1-5H3;1-6H;/q-3;-1;+4. The molecular formula is C37H31F6N5Pt. The number of nitrogens with zero attached hydrogens (tertiary/aromatic N) is 5. The number of rotatable bonds is 3. The van der Waals surface area contributed by atoms with Crippen LogP contribution in [0.3, 0.4) is 0 Å². The Morgan fingerprint density at radius 3 is 1.41 bits per heavy atom. The summed E-state index contributed by atoms with van der Waals surface area (Å²) >= 11 is 0. The van der Waals surface area contributed by atoms with Crippen molar-refractivity contribution in [3.63, 3.8) is 0 Å². The summed E-state index contributed by atoms with van der Waals surface area (Å²) in [7, 11) is 4.06. The van der Waals surface area contributed by atoms with Crippen molar-refractivity contribution in [2.45, 2.75) is 33.1 Å². The fraction of sp³-hybridized carbons (Fsp3) is 0.189. The Morgan fingerprint density at radius 1 is 0.612 bits per heavy atom. The van der Waals surface area contributed by atoms with Crippen LogP contribution in [0.25, 0.3) is 32.9 Å². The van der Waals surface area contributed by atoms with Gasteiger partial charge in [0.15, 0.2) is 0 Å². The van der Waals surface area contributed by atoms with Gasteiger partial charge in [0.1, 0.15) is 0 Å². The molecule has 0 unspecified atom stereocenters. The summed E-state index contributed by atoms with van der Waals surface area (Å²) in [5, 5.41) is 0.122. The summed E-state index contributed by atoms with van der Waals surface area (Å²) in [5.74, 6) is 0. The molecule has 0 aliphatic carbocycles. The number of anilines is 2. The first-order valence-corrected chi connectivity index (χ1v) is 14.9. The summed E-state index contributed by atoms with van der Waals surface area (Å²) < 4.78 is 76.1. The predicted octanol–water partition coefficient (Wildman–Crippen LogP) is 9.75. The van der Waals surface area contributed by atoms with Crippen LogP contribution in [-0.4, -0.2) is 23.9 Å². The van der Waals surface area contributed by atoms with Crippen molar-refractivity contribution >= 4 is 33.2 Å². The van der Waals surface area contributed by atoms with E-state index < -0.39 is 23.5 Å². The van der Waals surface area contributed by atoms with Gasteiger partial charge in [-0.05, 0) is 99.3 Å². The van der Waals surface area contributed by atoms with Crippen molar-refractivity contribution in [2.24, 2.45) is 0 Å². The molecule has 3 heterocycles. The maximum atomic E-state index is 12.7. The molecule has 2 aliphatic rings. The maximum Gasteiger partial charge on any atom is 4.00 e. The third-order valence-corrected chi connectivity index (χ3v) is 8.08. The molecule has 0 atom stereocenters. The minimum atomic E-state index is -4.56. The van der Waals surface area contributed by atoms with Gasteiger partial charge in [-0.3, -0.25) is 0 Å². The van der Waals surface area contributed by atoms with Crippen LogP contribution in [-0.2, 0) is 33.4 Å². The van der Waals surface area contributed by atoms with Crippen LogP contribution in [0.5, 0.6) is 0 Å². The molecule has 5 aromatic rings. The smallest absolute Gasteiger partial charge is 0.657 e. The number of fused-ring (bicyclic) bond motifs is 3. The zero-order chi connectivity index (χ0) is 34.5. The molecule has 0 saturated carbocycles. The molecule has 49 heavy (non-hydrogen) atoms. The van der Waals surface area contributed by atoms with Crippen molar-refractivity contribution in [3.8, 4) is 11.1 Å². The van der Waals surface area contributed by atoms with Gasteiger partial charge in [-0.1, -0.05) is 42.0 Å². The third-order valence-electron chi connectivity index (χ3n) is 8.08. The van der Waals surface area contributed by atoms with Gasteiger partial charge >= 0.3 is 33.4 Å². The first-order chi connectivity index (χ1) is 22.6. The normalized spacial score (nSPS) is 14.6. The fourth-order valence-corrected chi connectivity index (χ4v) is 5.96. The molecule has 0 spiro atoms. The van der Waals surface area contributed by atoms with Crippen LogP contribution < -0.4 is 14.8 Å². The zero-order valence-electron chi connectivity index (χ0n) is 27.1. The van der Waals surface area contributed by atoms with E-state index in [9.17, 15) is 26.3 Å². The average Bonchev–Trinajstić information content (AvgIpc) is 3.73. The predicted molar refractivity (Wildman–Crippen MR) is 177 cm³/mol. The molecular weight excluding hydrogens is 824 g/mol. The van der Waals surface area contributed by atoms with Crippen LogP contribution >= 0.6 is 0 Å². The molecule has 0 bridgehead atoms. The molecule has 0 fully saturated rings. The van der Waals surface area contributed by atoms with E-state index in [-0.39, 0.29) is 42.9 Å². The van der Waals surface area contributed by atoms with Gasteiger partial charge in [0, 0.05) is 0 Å². The number of hydrogen-bond acceptors (Lipinski definition) is 4. The fourth-order valence-electron chi connectivity index (χ4n) is 5.96. The van der Waals surface area contributed by atoms with Gasteiger partial charge in [-0.15, -0.1) is 46.2 Å². The van der Waals surface area contributed by atoms with Crippen LogP contribution in [0.4, 0.5) is 37.7 Å². The Kier molecular flexibility index (Phi) is 9.90. The van der Waals surface area contributed by atoms with E-state index in [0.29, 0.717) is 0 Å². The van der Waals surface area contributed by atoms with Gasteiger partial charge in [-0.2, -0.15) is 39.7 Å². The molecule has 5 nitrogen and oxygen atoms in total. The molecule has 0 N–H and O–H groups in total. The first kappa shape index (κ1) is 35.9. The Bertz CT molecular complexity index is 1930. The molecule has 1 aromatic heterocycles. The van der Waals surface area contributed by atoms with E-state index in [1.165, 1.54) is 27.8 Å². The van der Waals surface area contributed by atoms with E-state index in [1.807, 2.05) is 36.3 Å². The zero-order valence-corrected chi connectivity index (χ0v) is 29.3. The van der Waals surface area contributed by atoms with Crippen molar-refractivity contribution in [1.82, 2.24) is 14.8 Å². The van der Waals surface area contributed by atoms with E-state index in [4.69, 9.17) is 0 Å². The van der Waals surface area contributed by atoms with Gasteiger partial charge in [0.05, 0.1) is 11.1 Å². The Balaban J connectivity index is 0.000000193. The van der Waals surface area contributed by atoms with E-state index in [2.05, 4.69) is 91.6 Å². The summed E-state index contributed by atoms with van der Waals surface area (Å²) in [6.45, 7) is 10.7. The van der Waals surface area contributed by atoms with Crippen molar-refractivity contribution in [2.75, 3.05) is 23.9 Å². The summed E-state index contributed by atoms with van der Waals surface area (Å²) in [4.78, 5) is 12.3. The minimum absolute atomic E-state index is 0. The first-order valence-electron chi connectivity index (χ1n) is 14.9. The SMILES string of the molecule is Cc1cc(C)c(-c2cc(N3C=CN(C)[CH-]3)[c-]c(N3C=CN(C)[CH-]3)c2)c(C)c1.FC(F)(F)c1ccc2[n-]c3ccc(C(F)(F)F)cc3c2c1.[Pt+4]. The topological polar surface area (TPSA) is 27.1 Å². The molecule has 0 saturated heterocycles. The number of alkyl halides is 6. The Labute approximate surface area is 295 Å².